The molecule has 2 rings (SSSR count). The Morgan fingerprint density at radius 2 is 1.22 bits per heavy atom. The predicted molar refractivity (Wildman–Crippen MR) is 79.7 cm³/mol. The fraction of sp³-hybridized carbons (Fsp3) is 0.250. The van der Waals surface area contributed by atoms with Crippen LogP contribution in [-0.4, -0.2) is 5.54 Å². The maximum absolute atomic E-state index is 5.69. The molecular formula is C16H20N2. The molecule has 0 aliphatic heterocycles. The Morgan fingerprint density at radius 1 is 0.778 bits per heavy atom. The topological polar surface area (TPSA) is 38.0 Å². The number of nitrogens with one attached hydrogen (secondary N) is 1. The third kappa shape index (κ3) is 3.27. The minimum absolute atomic E-state index is 0.0860. The number of benzene rings is 2. The molecule has 0 unspecified atom stereocenters. The van der Waals surface area contributed by atoms with Gasteiger partial charge in [-0.25, -0.2) is 0 Å². The average molecular weight is 240 g/mol. The van der Waals surface area contributed by atoms with Crippen LogP contribution in [0.5, 0.6) is 0 Å². The summed E-state index contributed by atoms with van der Waals surface area (Å²) >= 11 is 0. The van der Waals surface area contributed by atoms with E-state index < -0.39 is 0 Å². The van der Waals surface area contributed by atoms with Crippen LogP contribution >= 0.6 is 0 Å². The van der Waals surface area contributed by atoms with E-state index in [1.807, 2.05) is 24.3 Å². The van der Waals surface area contributed by atoms with Crippen molar-refractivity contribution >= 4 is 11.4 Å². The molecule has 3 N–H and O–H groups in total. The highest BCUT2D eigenvalue weighted by Gasteiger charge is 2.08. The third-order valence-corrected chi connectivity index (χ3v) is 2.65. The van der Waals surface area contributed by atoms with Crippen LogP contribution in [0.3, 0.4) is 0 Å². The Labute approximate surface area is 109 Å². The molecule has 0 heterocycles. The second-order valence-corrected chi connectivity index (χ2v) is 5.57. The van der Waals surface area contributed by atoms with Gasteiger partial charge >= 0.3 is 0 Å². The molecule has 94 valence electrons. The Bertz CT molecular complexity index is 504. The van der Waals surface area contributed by atoms with Gasteiger partial charge in [-0.3, -0.25) is 0 Å². The summed E-state index contributed by atoms with van der Waals surface area (Å²) in [5, 5.41) is 3.45. The molecular weight excluding hydrogens is 220 g/mol. The van der Waals surface area contributed by atoms with Crippen LogP contribution in [0.4, 0.5) is 11.4 Å². The molecule has 0 spiro atoms. The van der Waals surface area contributed by atoms with Gasteiger partial charge < -0.3 is 11.1 Å². The first-order chi connectivity index (χ1) is 8.44. The van der Waals surface area contributed by atoms with Crippen LogP contribution in [0.25, 0.3) is 11.1 Å². The molecule has 0 aliphatic carbocycles. The number of nitrogen functional groups attached to an aromatic ring is 1. The molecule has 2 aromatic rings. The summed E-state index contributed by atoms with van der Waals surface area (Å²) in [5.41, 5.74) is 10.1. The summed E-state index contributed by atoms with van der Waals surface area (Å²) in [6.45, 7) is 6.46. The van der Waals surface area contributed by atoms with Crippen LogP contribution in [0, 0.1) is 0 Å². The zero-order valence-corrected chi connectivity index (χ0v) is 11.2. The Morgan fingerprint density at radius 3 is 1.67 bits per heavy atom. The highest BCUT2D eigenvalue weighted by molar-refractivity contribution is 5.67. The molecule has 0 saturated carbocycles. The number of hydrogen-bond acceptors (Lipinski definition) is 2. The summed E-state index contributed by atoms with van der Waals surface area (Å²) in [6.07, 6.45) is 0. The molecule has 18 heavy (non-hydrogen) atoms. The standard InChI is InChI=1S/C16H20N2/c1-16(2,3)18-15-10-6-13(7-11-15)12-4-8-14(17)9-5-12/h4-11,18H,17H2,1-3H3. The van der Waals surface area contributed by atoms with E-state index in [0.717, 1.165) is 11.4 Å². The Balaban J connectivity index is 2.20. The van der Waals surface area contributed by atoms with Gasteiger partial charge in [0.1, 0.15) is 0 Å². The molecule has 2 heteroatoms. The second kappa shape index (κ2) is 4.73. The van der Waals surface area contributed by atoms with Gasteiger partial charge in [0.25, 0.3) is 0 Å². The van der Waals surface area contributed by atoms with E-state index in [0.29, 0.717) is 0 Å². The fourth-order valence-electron chi connectivity index (χ4n) is 1.85. The number of nitrogens with two attached hydrogens (primary N) is 1. The van der Waals surface area contributed by atoms with Crippen molar-refractivity contribution in [2.75, 3.05) is 11.1 Å². The van der Waals surface area contributed by atoms with E-state index in [1.165, 1.54) is 11.1 Å². The van der Waals surface area contributed by atoms with Gasteiger partial charge in [-0.15, -0.1) is 0 Å². The number of rotatable bonds is 2. The van der Waals surface area contributed by atoms with E-state index in [4.69, 9.17) is 5.73 Å². The van der Waals surface area contributed by atoms with Crippen molar-refractivity contribution < 1.29 is 0 Å². The maximum atomic E-state index is 5.69. The van der Waals surface area contributed by atoms with Crippen LogP contribution in [0.2, 0.25) is 0 Å². The molecule has 0 saturated heterocycles. The van der Waals surface area contributed by atoms with Crippen LogP contribution in [0.1, 0.15) is 20.8 Å². The van der Waals surface area contributed by atoms with E-state index in [-0.39, 0.29) is 5.54 Å². The van der Waals surface area contributed by atoms with Gasteiger partial charge in [-0.2, -0.15) is 0 Å². The minimum atomic E-state index is 0.0860. The van der Waals surface area contributed by atoms with Gasteiger partial charge in [-0.1, -0.05) is 24.3 Å². The number of hydrogen-bond donors (Lipinski definition) is 2. The SMILES string of the molecule is CC(C)(C)Nc1ccc(-c2ccc(N)cc2)cc1. The molecule has 0 atom stereocenters. The monoisotopic (exact) mass is 240 g/mol. The highest BCUT2D eigenvalue weighted by atomic mass is 14.9. The van der Waals surface area contributed by atoms with Gasteiger partial charge in [0.15, 0.2) is 0 Å². The van der Waals surface area contributed by atoms with E-state index in [2.05, 4.69) is 50.4 Å². The lowest BCUT2D eigenvalue weighted by Gasteiger charge is -2.22. The lowest BCUT2D eigenvalue weighted by Crippen LogP contribution is -2.25. The first kappa shape index (κ1) is 12.5. The Hall–Kier alpha value is -1.96. The minimum Gasteiger partial charge on any atom is -0.399 e. The van der Waals surface area contributed by atoms with Crippen molar-refractivity contribution in [3.63, 3.8) is 0 Å². The molecule has 0 aromatic heterocycles. The Kier molecular flexibility index (Phi) is 3.28. The van der Waals surface area contributed by atoms with Gasteiger partial charge in [0.2, 0.25) is 0 Å². The van der Waals surface area contributed by atoms with E-state index in [1.54, 1.807) is 0 Å². The molecule has 2 aromatic carbocycles. The van der Waals surface area contributed by atoms with E-state index in [9.17, 15) is 0 Å². The van der Waals surface area contributed by atoms with Crippen molar-refractivity contribution in [3.8, 4) is 11.1 Å². The van der Waals surface area contributed by atoms with Crippen molar-refractivity contribution in [1.29, 1.82) is 0 Å². The fourth-order valence-corrected chi connectivity index (χ4v) is 1.85. The first-order valence-electron chi connectivity index (χ1n) is 6.18. The van der Waals surface area contributed by atoms with Crippen LogP contribution in [-0.2, 0) is 0 Å². The summed E-state index contributed by atoms with van der Waals surface area (Å²) in [4.78, 5) is 0. The molecule has 0 aliphatic rings. The highest BCUT2D eigenvalue weighted by Crippen LogP contribution is 2.23. The predicted octanol–water partition coefficient (Wildman–Crippen LogP) is 4.15. The number of anilines is 2. The third-order valence-electron chi connectivity index (χ3n) is 2.65. The van der Waals surface area contributed by atoms with Crippen LogP contribution < -0.4 is 11.1 Å². The largest absolute Gasteiger partial charge is 0.399 e. The van der Waals surface area contributed by atoms with Gasteiger partial charge in [0.05, 0.1) is 0 Å². The zero-order valence-electron chi connectivity index (χ0n) is 11.2. The van der Waals surface area contributed by atoms with Crippen molar-refractivity contribution in [2.24, 2.45) is 0 Å². The summed E-state index contributed by atoms with van der Waals surface area (Å²) in [7, 11) is 0. The quantitative estimate of drug-likeness (QED) is 0.774. The maximum Gasteiger partial charge on any atom is 0.0344 e. The van der Waals surface area contributed by atoms with Gasteiger partial charge in [-0.05, 0) is 56.2 Å². The summed E-state index contributed by atoms with van der Waals surface area (Å²) in [6, 6.07) is 16.4. The molecule has 0 bridgehead atoms. The molecule has 0 fully saturated rings. The van der Waals surface area contributed by atoms with Crippen molar-refractivity contribution in [3.05, 3.63) is 48.5 Å². The summed E-state index contributed by atoms with van der Waals surface area (Å²) in [5.74, 6) is 0. The van der Waals surface area contributed by atoms with Crippen LogP contribution in [0.15, 0.2) is 48.5 Å². The molecule has 0 radical (unpaired) electrons. The zero-order chi connectivity index (χ0) is 13.2. The van der Waals surface area contributed by atoms with E-state index >= 15 is 0 Å². The van der Waals surface area contributed by atoms with Crippen molar-refractivity contribution in [2.45, 2.75) is 26.3 Å². The summed E-state index contributed by atoms with van der Waals surface area (Å²) < 4.78 is 0. The molecule has 2 nitrogen and oxygen atoms in total. The first-order valence-corrected chi connectivity index (χ1v) is 6.18. The smallest absolute Gasteiger partial charge is 0.0344 e. The van der Waals surface area contributed by atoms with Crippen molar-refractivity contribution in [1.82, 2.24) is 0 Å². The second-order valence-electron chi connectivity index (χ2n) is 5.57. The lowest BCUT2D eigenvalue weighted by atomic mass is 10.0. The average Bonchev–Trinajstić information content (AvgIpc) is 2.29. The normalized spacial score (nSPS) is 11.3. The van der Waals surface area contributed by atoms with Gasteiger partial charge in [0, 0.05) is 16.9 Å². The molecule has 0 amide bonds. The lowest BCUT2D eigenvalue weighted by molar-refractivity contribution is 0.634.